The van der Waals surface area contributed by atoms with Gasteiger partial charge in [0.05, 0.1) is 28.1 Å². The summed E-state index contributed by atoms with van der Waals surface area (Å²) in [5, 5.41) is 4.70. The fourth-order valence-electron chi connectivity index (χ4n) is 2.83. The van der Waals surface area contributed by atoms with E-state index in [1.165, 1.54) is 21.1 Å². The largest absolute Gasteiger partial charge is 0.383 e. The first-order valence-electron chi connectivity index (χ1n) is 7.32. The third kappa shape index (κ3) is 2.47. The smallest absolute Gasteiger partial charge is 0.113 e. The molecular formula is C17H17N3S. The molecule has 106 valence electrons. The summed E-state index contributed by atoms with van der Waals surface area (Å²) in [6, 6.07) is 16.9. The van der Waals surface area contributed by atoms with Crippen LogP contribution in [-0.2, 0) is 6.54 Å². The molecule has 21 heavy (non-hydrogen) atoms. The average molecular weight is 295 g/mol. The maximum absolute atomic E-state index is 4.77. The number of rotatable bonds is 2. The van der Waals surface area contributed by atoms with Gasteiger partial charge in [-0.05, 0) is 30.7 Å². The summed E-state index contributed by atoms with van der Waals surface area (Å²) in [5.41, 5.74) is 3.63. The van der Waals surface area contributed by atoms with E-state index < -0.39 is 0 Å². The van der Waals surface area contributed by atoms with Crippen LogP contribution in [-0.4, -0.2) is 18.1 Å². The van der Waals surface area contributed by atoms with Gasteiger partial charge < -0.3 is 10.2 Å². The van der Waals surface area contributed by atoms with Crippen LogP contribution >= 0.6 is 11.3 Å². The van der Waals surface area contributed by atoms with Crippen LogP contribution in [0.25, 0.3) is 10.2 Å². The Balaban J connectivity index is 1.67. The van der Waals surface area contributed by atoms with Gasteiger partial charge in [0.2, 0.25) is 0 Å². The fraction of sp³-hybridized carbons (Fsp3) is 0.235. The molecule has 3 aromatic rings. The Morgan fingerprint density at radius 2 is 1.95 bits per heavy atom. The number of hydrogen-bond donors (Lipinski definition) is 1. The lowest BCUT2D eigenvalue weighted by Gasteiger charge is -2.23. The van der Waals surface area contributed by atoms with E-state index in [0.717, 1.165) is 31.6 Å². The predicted octanol–water partition coefficient (Wildman–Crippen LogP) is 4.12. The first-order chi connectivity index (χ1) is 10.4. The molecule has 3 nitrogen and oxygen atoms in total. The number of fused-ring (bicyclic) bond motifs is 2. The molecule has 4 rings (SSSR count). The Hall–Kier alpha value is -2.07. The topological polar surface area (TPSA) is 28.2 Å². The summed E-state index contributed by atoms with van der Waals surface area (Å²) >= 11 is 1.80. The van der Waals surface area contributed by atoms with Gasteiger partial charge >= 0.3 is 0 Å². The van der Waals surface area contributed by atoms with Gasteiger partial charge in [0.15, 0.2) is 0 Å². The van der Waals surface area contributed by atoms with E-state index in [-0.39, 0.29) is 0 Å². The Bertz CT molecular complexity index is 732. The molecule has 1 aliphatic rings. The van der Waals surface area contributed by atoms with Crippen molar-refractivity contribution >= 4 is 32.9 Å². The van der Waals surface area contributed by atoms with Gasteiger partial charge in [-0.1, -0.05) is 24.3 Å². The quantitative estimate of drug-likeness (QED) is 0.771. The molecule has 4 heteroatoms. The highest BCUT2D eigenvalue weighted by molar-refractivity contribution is 7.18. The van der Waals surface area contributed by atoms with Crippen molar-refractivity contribution in [2.45, 2.75) is 13.0 Å². The van der Waals surface area contributed by atoms with Gasteiger partial charge in [-0.15, -0.1) is 11.3 Å². The zero-order valence-corrected chi connectivity index (χ0v) is 12.6. The number of anilines is 2. The maximum atomic E-state index is 4.77. The third-order valence-electron chi connectivity index (χ3n) is 3.83. The third-order valence-corrected chi connectivity index (χ3v) is 4.85. The van der Waals surface area contributed by atoms with Gasteiger partial charge in [-0.25, -0.2) is 4.98 Å². The van der Waals surface area contributed by atoms with Crippen LogP contribution < -0.4 is 10.2 Å². The van der Waals surface area contributed by atoms with Gasteiger partial charge in [0, 0.05) is 13.1 Å². The summed E-state index contributed by atoms with van der Waals surface area (Å²) in [4.78, 5) is 7.20. The monoisotopic (exact) mass is 295 g/mol. The van der Waals surface area contributed by atoms with E-state index in [0.29, 0.717) is 0 Å². The predicted molar refractivity (Wildman–Crippen MR) is 90.2 cm³/mol. The zero-order chi connectivity index (χ0) is 14.1. The summed E-state index contributed by atoms with van der Waals surface area (Å²) in [5.74, 6) is 0. The Kier molecular flexibility index (Phi) is 3.24. The molecule has 2 heterocycles. The molecule has 0 saturated carbocycles. The normalized spacial score (nSPS) is 14.6. The summed E-state index contributed by atoms with van der Waals surface area (Å²) in [6.07, 6.45) is 1.15. The molecule has 1 aliphatic heterocycles. The lowest BCUT2D eigenvalue weighted by atomic mass is 10.2. The summed E-state index contributed by atoms with van der Waals surface area (Å²) < 4.78 is 1.27. The highest BCUT2D eigenvalue weighted by atomic mass is 32.1. The highest BCUT2D eigenvalue weighted by Gasteiger charge is 2.16. The lowest BCUT2D eigenvalue weighted by Crippen LogP contribution is -2.23. The molecule has 1 aromatic heterocycles. The fourth-order valence-corrected chi connectivity index (χ4v) is 3.81. The van der Waals surface area contributed by atoms with E-state index >= 15 is 0 Å². The molecule has 0 atom stereocenters. The first-order valence-corrected chi connectivity index (χ1v) is 8.14. The van der Waals surface area contributed by atoms with Crippen molar-refractivity contribution in [3.63, 3.8) is 0 Å². The van der Waals surface area contributed by atoms with Crippen LogP contribution in [0.1, 0.15) is 11.4 Å². The van der Waals surface area contributed by atoms with Gasteiger partial charge in [-0.2, -0.15) is 0 Å². The Morgan fingerprint density at radius 3 is 2.90 bits per heavy atom. The second-order valence-electron chi connectivity index (χ2n) is 5.29. The van der Waals surface area contributed by atoms with E-state index in [1.807, 2.05) is 0 Å². The van der Waals surface area contributed by atoms with Crippen LogP contribution in [0.5, 0.6) is 0 Å². The van der Waals surface area contributed by atoms with Crippen molar-refractivity contribution in [2.24, 2.45) is 0 Å². The van der Waals surface area contributed by atoms with Crippen molar-refractivity contribution in [3.05, 3.63) is 53.5 Å². The molecule has 0 amide bonds. The van der Waals surface area contributed by atoms with E-state index in [1.54, 1.807) is 11.3 Å². The van der Waals surface area contributed by atoms with Crippen molar-refractivity contribution in [2.75, 3.05) is 23.3 Å². The van der Waals surface area contributed by atoms with E-state index in [4.69, 9.17) is 4.98 Å². The number of para-hydroxylation sites is 3. The number of nitrogens with one attached hydrogen (secondary N) is 1. The minimum Gasteiger partial charge on any atom is -0.383 e. The van der Waals surface area contributed by atoms with Crippen LogP contribution in [0, 0.1) is 0 Å². The number of aromatic nitrogens is 1. The molecule has 0 radical (unpaired) electrons. The lowest BCUT2D eigenvalue weighted by molar-refractivity contribution is 0.762. The van der Waals surface area contributed by atoms with Crippen molar-refractivity contribution in [1.29, 1.82) is 0 Å². The van der Waals surface area contributed by atoms with Gasteiger partial charge in [0.25, 0.3) is 0 Å². The minimum absolute atomic E-state index is 0.887. The number of thiazole rings is 1. The van der Waals surface area contributed by atoms with Crippen molar-refractivity contribution in [3.8, 4) is 0 Å². The number of hydrogen-bond acceptors (Lipinski definition) is 4. The first kappa shape index (κ1) is 12.7. The zero-order valence-electron chi connectivity index (χ0n) is 11.7. The number of benzene rings is 2. The molecular weight excluding hydrogens is 278 g/mol. The Labute approximate surface area is 128 Å². The molecule has 0 aliphatic carbocycles. The van der Waals surface area contributed by atoms with Crippen LogP contribution in [0.2, 0.25) is 0 Å². The molecule has 2 aromatic carbocycles. The molecule has 0 saturated heterocycles. The second kappa shape index (κ2) is 5.37. The van der Waals surface area contributed by atoms with Gasteiger partial charge in [0.1, 0.15) is 5.01 Å². The summed E-state index contributed by atoms with van der Waals surface area (Å²) in [7, 11) is 0. The van der Waals surface area contributed by atoms with Crippen LogP contribution in [0.3, 0.4) is 0 Å². The Morgan fingerprint density at radius 1 is 1.10 bits per heavy atom. The average Bonchev–Trinajstić information content (AvgIpc) is 2.82. The molecule has 0 unspecified atom stereocenters. The molecule has 0 spiro atoms. The van der Waals surface area contributed by atoms with Crippen LogP contribution in [0.15, 0.2) is 48.5 Å². The van der Waals surface area contributed by atoms with E-state index in [2.05, 4.69) is 58.7 Å². The van der Waals surface area contributed by atoms with Crippen LogP contribution in [0.4, 0.5) is 11.4 Å². The van der Waals surface area contributed by atoms with Gasteiger partial charge in [-0.3, -0.25) is 0 Å². The maximum Gasteiger partial charge on any atom is 0.113 e. The standard InChI is InChI=1S/C17H17N3S/c1-3-8-15-13(6-1)18-10-5-11-20(15)12-17-19-14-7-2-4-9-16(14)21-17/h1-4,6-9,18H,5,10-12H2. The molecule has 0 fully saturated rings. The minimum atomic E-state index is 0.887. The number of nitrogens with zero attached hydrogens (tertiary/aromatic N) is 2. The summed E-state index contributed by atoms with van der Waals surface area (Å²) in [6.45, 7) is 2.99. The molecule has 0 bridgehead atoms. The van der Waals surface area contributed by atoms with Crippen molar-refractivity contribution in [1.82, 2.24) is 4.98 Å². The van der Waals surface area contributed by atoms with E-state index in [9.17, 15) is 0 Å². The SMILES string of the molecule is c1ccc2c(c1)NCCCN2Cc1nc2ccccc2s1. The highest BCUT2D eigenvalue weighted by Crippen LogP contribution is 2.30. The second-order valence-corrected chi connectivity index (χ2v) is 6.41. The molecule has 1 N–H and O–H groups in total. The van der Waals surface area contributed by atoms with Crippen molar-refractivity contribution < 1.29 is 0 Å².